The van der Waals surface area contributed by atoms with Crippen molar-refractivity contribution in [3.8, 4) is 11.5 Å². The number of piperidine rings is 1. The summed E-state index contributed by atoms with van der Waals surface area (Å²) < 4.78 is 16.3. The minimum atomic E-state index is -0.310. The van der Waals surface area contributed by atoms with Crippen molar-refractivity contribution >= 4 is 17.6 Å². The van der Waals surface area contributed by atoms with E-state index in [0.29, 0.717) is 31.1 Å². The number of hydrogen-bond acceptors (Lipinski definition) is 7. The average molecular weight is 508 g/mol. The van der Waals surface area contributed by atoms with Gasteiger partial charge in [-0.1, -0.05) is 12.1 Å². The first-order chi connectivity index (χ1) is 17.8. The molecule has 0 spiro atoms. The molecule has 2 aromatic rings. The topological polar surface area (TPSA) is 80.7 Å². The van der Waals surface area contributed by atoms with Crippen LogP contribution in [-0.2, 0) is 14.3 Å². The van der Waals surface area contributed by atoms with Gasteiger partial charge >= 0.3 is 5.97 Å². The number of likely N-dealkylation sites (tertiary alicyclic amines) is 1. The molecule has 0 bridgehead atoms. The molecule has 2 atom stereocenters. The monoisotopic (exact) mass is 507 g/mol. The van der Waals surface area contributed by atoms with Gasteiger partial charge in [0.05, 0.1) is 45.0 Å². The third-order valence-corrected chi connectivity index (χ3v) is 7.29. The lowest BCUT2D eigenvalue weighted by atomic mass is 9.95. The second kappa shape index (κ2) is 11.8. The van der Waals surface area contributed by atoms with Crippen LogP contribution in [0.5, 0.6) is 11.5 Å². The molecule has 2 unspecified atom stereocenters. The maximum atomic E-state index is 13.7. The van der Waals surface area contributed by atoms with E-state index in [1.807, 2.05) is 30.0 Å². The summed E-state index contributed by atoms with van der Waals surface area (Å²) in [5.41, 5.74) is 5.15. The second-order valence-corrected chi connectivity index (χ2v) is 9.74. The Balaban J connectivity index is 1.61. The van der Waals surface area contributed by atoms with Crippen molar-refractivity contribution in [2.45, 2.75) is 46.1 Å². The third-order valence-electron chi connectivity index (χ3n) is 7.29. The summed E-state index contributed by atoms with van der Waals surface area (Å²) in [6, 6.07) is 11.6. The first-order valence-corrected chi connectivity index (χ1v) is 12.9. The predicted molar refractivity (Wildman–Crippen MR) is 142 cm³/mol. The van der Waals surface area contributed by atoms with Gasteiger partial charge < -0.3 is 14.2 Å². The van der Waals surface area contributed by atoms with Crippen LogP contribution in [0.25, 0.3) is 0 Å². The van der Waals surface area contributed by atoms with Crippen LogP contribution in [0.4, 0.5) is 0 Å². The number of carbonyl (C=O) groups excluding carboxylic acids is 2. The van der Waals surface area contributed by atoms with Gasteiger partial charge in [0, 0.05) is 24.6 Å². The van der Waals surface area contributed by atoms with Crippen LogP contribution >= 0.6 is 0 Å². The quantitative estimate of drug-likeness (QED) is 0.497. The molecule has 0 N–H and O–H groups in total. The molecule has 0 saturated carbocycles. The zero-order valence-electron chi connectivity index (χ0n) is 22.5. The van der Waals surface area contributed by atoms with Crippen molar-refractivity contribution in [1.82, 2.24) is 9.91 Å². The number of methoxy groups -OCH3 is 2. The summed E-state index contributed by atoms with van der Waals surface area (Å²) >= 11 is 0. The number of carbonyl (C=O) groups is 2. The Bertz CT molecular complexity index is 1180. The normalized spacial score (nSPS) is 19.9. The molecule has 8 nitrogen and oxygen atoms in total. The minimum absolute atomic E-state index is 0.105. The number of ether oxygens (including phenoxy) is 3. The van der Waals surface area contributed by atoms with E-state index >= 15 is 0 Å². The maximum Gasteiger partial charge on any atom is 0.310 e. The number of benzene rings is 2. The van der Waals surface area contributed by atoms with Crippen LogP contribution in [0.3, 0.4) is 0 Å². The molecular weight excluding hydrogens is 470 g/mol. The summed E-state index contributed by atoms with van der Waals surface area (Å²) in [6.45, 7) is 7.81. The maximum absolute atomic E-state index is 13.7. The number of esters is 1. The van der Waals surface area contributed by atoms with Gasteiger partial charge in [0.25, 0.3) is 5.91 Å². The fourth-order valence-electron chi connectivity index (χ4n) is 5.09. The molecule has 0 aromatic heterocycles. The van der Waals surface area contributed by atoms with Gasteiger partial charge in [-0.25, -0.2) is 5.01 Å². The molecule has 37 heavy (non-hydrogen) atoms. The summed E-state index contributed by atoms with van der Waals surface area (Å²) in [5.74, 6) is 0.846. The lowest BCUT2D eigenvalue weighted by molar-refractivity contribution is -0.150. The van der Waals surface area contributed by atoms with Crippen molar-refractivity contribution in [2.24, 2.45) is 11.0 Å². The first kappa shape index (κ1) is 26.7. The Labute approximate surface area is 219 Å². The first-order valence-electron chi connectivity index (χ1n) is 12.9. The summed E-state index contributed by atoms with van der Waals surface area (Å²) in [7, 11) is 3.23. The van der Waals surface area contributed by atoms with Gasteiger partial charge in [0.2, 0.25) is 0 Å². The van der Waals surface area contributed by atoms with Crippen molar-refractivity contribution in [3.05, 3.63) is 58.7 Å². The van der Waals surface area contributed by atoms with Gasteiger partial charge in [0.1, 0.15) is 11.5 Å². The fraction of sp³-hybridized carbons (Fsp3) is 0.483. The highest BCUT2D eigenvalue weighted by Gasteiger charge is 2.36. The zero-order chi connectivity index (χ0) is 26.5. The number of hydrogen-bond donors (Lipinski definition) is 0. The fourth-order valence-corrected chi connectivity index (χ4v) is 5.09. The van der Waals surface area contributed by atoms with Crippen molar-refractivity contribution < 1.29 is 23.8 Å². The van der Waals surface area contributed by atoms with Gasteiger partial charge in [-0.05, 0) is 75.0 Å². The standard InChI is InChI=1S/C29H37N3O5/c1-6-37-29(34)22-8-7-13-31(17-22)18-28(33)32-26(24-12-11-23(35-4)15-27(24)36-5)16-25(30-32)21-10-9-19(2)20(3)14-21/h9-12,14-15,22,26H,6-8,13,16-18H2,1-5H3. The lowest BCUT2D eigenvalue weighted by Crippen LogP contribution is -2.44. The van der Waals surface area contributed by atoms with E-state index in [1.165, 1.54) is 11.1 Å². The van der Waals surface area contributed by atoms with E-state index in [4.69, 9.17) is 19.3 Å². The molecular formula is C29H37N3O5. The average Bonchev–Trinajstić information content (AvgIpc) is 3.35. The van der Waals surface area contributed by atoms with Crippen LogP contribution < -0.4 is 9.47 Å². The summed E-state index contributed by atoms with van der Waals surface area (Å²) in [4.78, 5) is 28.1. The molecule has 1 amide bonds. The molecule has 0 radical (unpaired) electrons. The van der Waals surface area contributed by atoms with Gasteiger partial charge in [0.15, 0.2) is 0 Å². The number of hydrazone groups is 1. The lowest BCUT2D eigenvalue weighted by Gasteiger charge is -2.32. The number of amides is 1. The highest BCUT2D eigenvalue weighted by Crippen LogP contribution is 2.39. The van der Waals surface area contributed by atoms with E-state index in [-0.39, 0.29) is 30.4 Å². The van der Waals surface area contributed by atoms with E-state index in [9.17, 15) is 9.59 Å². The van der Waals surface area contributed by atoms with Crippen molar-refractivity contribution in [2.75, 3.05) is 40.5 Å². The highest BCUT2D eigenvalue weighted by molar-refractivity contribution is 6.03. The zero-order valence-corrected chi connectivity index (χ0v) is 22.5. The van der Waals surface area contributed by atoms with Crippen molar-refractivity contribution in [3.63, 3.8) is 0 Å². The molecule has 198 valence electrons. The number of nitrogens with zero attached hydrogens (tertiary/aromatic N) is 3. The van der Waals surface area contributed by atoms with Crippen LogP contribution in [0.2, 0.25) is 0 Å². The van der Waals surface area contributed by atoms with Crippen LogP contribution in [-0.4, -0.2) is 68.0 Å². The minimum Gasteiger partial charge on any atom is -0.497 e. The number of rotatable bonds is 8. The van der Waals surface area contributed by atoms with Gasteiger partial charge in [-0.3, -0.25) is 14.5 Å². The molecule has 0 aliphatic carbocycles. The summed E-state index contributed by atoms with van der Waals surface area (Å²) in [6.07, 6.45) is 2.21. The third kappa shape index (κ3) is 5.96. The highest BCUT2D eigenvalue weighted by atomic mass is 16.5. The molecule has 8 heteroatoms. The van der Waals surface area contributed by atoms with Crippen LogP contribution in [0.15, 0.2) is 41.5 Å². The Morgan fingerprint density at radius 1 is 1.05 bits per heavy atom. The Kier molecular flexibility index (Phi) is 8.48. The van der Waals surface area contributed by atoms with Crippen molar-refractivity contribution in [1.29, 1.82) is 0 Å². The Hall–Kier alpha value is -3.39. The largest absolute Gasteiger partial charge is 0.497 e. The number of aryl methyl sites for hydroxylation is 2. The molecule has 1 fully saturated rings. The molecule has 1 saturated heterocycles. The summed E-state index contributed by atoms with van der Waals surface area (Å²) in [5, 5.41) is 6.45. The molecule has 2 aliphatic rings. The molecule has 2 heterocycles. The van der Waals surface area contributed by atoms with E-state index < -0.39 is 0 Å². The van der Waals surface area contributed by atoms with Gasteiger partial charge in [-0.15, -0.1) is 0 Å². The van der Waals surface area contributed by atoms with Crippen LogP contribution in [0.1, 0.15) is 54.5 Å². The van der Waals surface area contributed by atoms with E-state index in [2.05, 4.69) is 32.0 Å². The Morgan fingerprint density at radius 3 is 2.57 bits per heavy atom. The SMILES string of the molecule is CCOC(=O)C1CCCN(CC(=O)N2N=C(c3ccc(C)c(C)c3)CC2c2ccc(OC)cc2OC)C1. The predicted octanol–water partition coefficient (Wildman–Crippen LogP) is 4.27. The molecule has 4 rings (SSSR count). The Morgan fingerprint density at radius 2 is 1.86 bits per heavy atom. The molecule has 2 aliphatic heterocycles. The van der Waals surface area contributed by atoms with Crippen LogP contribution in [0, 0.1) is 19.8 Å². The van der Waals surface area contributed by atoms with E-state index in [0.717, 1.165) is 36.2 Å². The smallest absolute Gasteiger partial charge is 0.310 e. The van der Waals surface area contributed by atoms with Gasteiger partial charge in [-0.2, -0.15) is 5.10 Å². The van der Waals surface area contributed by atoms with E-state index in [1.54, 1.807) is 19.2 Å². The second-order valence-electron chi connectivity index (χ2n) is 9.74. The molecule has 2 aromatic carbocycles.